The molecule has 0 unspecified atom stereocenters. The molecule has 0 spiro atoms. The maximum Gasteiger partial charge on any atom is 0.271 e. The highest BCUT2D eigenvalue weighted by molar-refractivity contribution is 7.89. The molecule has 0 fully saturated rings. The molecular formula is C18H21N3O4S. The molecule has 2 aromatic rings. The second kappa shape index (κ2) is 8.11. The molecule has 0 aliphatic carbocycles. The Hall–Kier alpha value is -2.71. The van der Waals surface area contributed by atoms with E-state index in [-0.39, 0.29) is 10.8 Å². The number of carbonyl (C=O) groups excluding carboxylic acids is 1. The molecule has 0 aliphatic heterocycles. The van der Waals surface area contributed by atoms with Gasteiger partial charge in [0.05, 0.1) is 17.7 Å². The van der Waals surface area contributed by atoms with Crippen LogP contribution in [0.15, 0.2) is 58.5 Å². The first-order chi connectivity index (χ1) is 12.3. The lowest BCUT2D eigenvalue weighted by molar-refractivity contribution is 0.0955. The number of nitrogens with zero attached hydrogens (tertiary/aromatic N) is 2. The molecular weight excluding hydrogens is 354 g/mol. The van der Waals surface area contributed by atoms with E-state index in [0.29, 0.717) is 22.6 Å². The zero-order chi connectivity index (χ0) is 19.3. The van der Waals surface area contributed by atoms with Gasteiger partial charge >= 0.3 is 0 Å². The summed E-state index contributed by atoms with van der Waals surface area (Å²) in [6, 6.07) is 13.0. The largest absolute Gasteiger partial charge is 0.497 e. The average molecular weight is 375 g/mol. The van der Waals surface area contributed by atoms with Crippen LogP contribution in [-0.2, 0) is 10.0 Å². The number of ether oxygens (including phenoxy) is 1. The van der Waals surface area contributed by atoms with Crippen LogP contribution in [0, 0.1) is 0 Å². The molecule has 0 heterocycles. The van der Waals surface area contributed by atoms with E-state index in [1.54, 1.807) is 50.4 Å². The molecule has 0 aliphatic rings. The number of rotatable bonds is 6. The summed E-state index contributed by atoms with van der Waals surface area (Å²) >= 11 is 0. The summed E-state index contributed by atoms with van der Waals surface area (Å²) in [5.41, 5.74) is 4.20. The van der Waals surface area contributed by atoms with Crippen molar-refractivity contribution in [2.45, 2.75) is 11.8 Å². The summed E-state index contributed by atoms with van der Waals surface area (Å²) in [7, 11) is 1.03. The van der Waals surface area contributed by atoms with Crippen molar-refractivity contribution in [2.24, 2.45) is 5.10 Å². The summed E-state index contributed by atoms with van der Waals surface area (Å²) in [6.45, 7) is 1.73. The third-order valence-electron chi connectivity index (χ3n) is 3.73. The van der Waals surface area contributed by atoms with E-state index >= 15 is 0 Å². The number of sulfonamides is 1. The number of benzene rings is 2. The zero-order valence-electron chi connectivity index (χ0n) is 15.1. The number of amides is 1. The lowest BCUT2D eigenvalue weighted by Crippen LogP contribution is -2.22. The Morgan fingerprint density at radius 1 is 1.00 bits per heavy atom. The van der Waals surface area contributed by atoms with Gasteiger partial charge in [-0.25, -0.2) is 18.1 Å². The standard InChI is InChI=1S/C18H21N3O4S/c1-13(14-7-11-17(12-8-14)26(23,24)21(2)3)19-20-18(22)15-5-9-16(25-4)10-6-15/h5-12H,1-4H3,(H,20,22)/b19-13-. The van der Waals surface area contributed by atoms with Crippen LogP contribution in [-0.4, -0.2) is 45.5 Å². The van der Waals surface area contributed by atoms with Crippen LogP contribution in [0.5, 0.6) is 5.75 Å². The molecule has 1 N–H and O–H groups in total. The maximum atomic E-state index is 12.1. The Balaban J connectivity index is 2.10. The normalized spacial score (nSPS) is 12.1. The monoisotopic (exact) mass is 375 g/mol. The van der Waals surface area contributed by atoms with Crippen LogP contribution in [0.4, 0.5) is 0 Å². The summed E-state index contributed by atoms with van der Waals surface area (Å²) in [5, 5.41) is 4.07. The molecule has 26 heavy (non-hydrogen) atoms. The number of carbonyl (C=O) groups is 1. The topological polar surface area (TPSA) is 88.1 Å². The first kappa shape index (κ1) is 19.6. The zero-order valence-corrected chi connectivity index (χ0v) is 15.9. The molecule has 0 saturated carbocycles. The van der Waals surface area contributed by atoms with Gasteiger partial charge in [-0.1, -0.05) is 12.1 Å². The van der Waals surface area contributed by atoms with Crippen molar-refractivity contribution in [1.82, 2.24) is 9.73 Å². The van der Waals surface area contributed by atoms with E-state index in [9.17, 15) is 13.2 Å². The van der Waals surface area contributed by atoms with Gasteiger partial charge in [0.1, 0.15) is 5.75 Å². The number of hydrogen-bond donors (Lipinski definition) is 1. The van der Waals surface area contributed by atoms with Crippen molar-refractivity contribution in [3.63, 3.8) is 0 Å². The van der Waals surface area contributed by atoms with Crippen molar-refractivity contribution >= 4 is 21.6 Å². The van der Waals surface area contributed by atoms with E-state index in [1.165, 1.54) is 26.2 Å². The van der Waals surface area contributed by atoms with Crippen LogP contribution in [0.1, 0.15) is 22.8 Å². The van der Waals surface area contributed by atoms with Gasteiger partial charge in [-0.3, -0.25) is 4.79 Å². The van der Waals surface area contributed by atoms with Gasteiger partial charge in [-0.15, -0.1) is 0 Å². The van der Waals surface area contributed by atoms with Crippen LogP contribution >= 0.6 is 0 Å². The van der Waals surface area contributed by atoms with Crippen molar-refractivity contribution < 1.29 is 17.9 Å². The minimum Gasteiger partial charge on any atom is -0.497 e. The number of hydrazone groups is 1. The van der Waals surface area contributed by atoms with Gasteiger partial charge in [0.15, 0.2) is 0 Å². The van der Waals surface area contributed by atoms with Crippen LogP contribution < -0.4 is 10.2 Å². The Kier molecular flexibility index (Phi) is 6.12. The highest BCUT2D eigenvalue weighted by Gasteiger charge is 2.16. The number of nitrogens with one attached hydrogen (secondary N) is 1. The van der Waals surface area contributed by atoms with Gasteiger partial charge in [-0.05, 0) is 48.9 Å². The van der Waals surface area contributed by atoms with Crippen molar-refractivity contribution in [3.8, 4) is 5.75 Å². The maximum absolute atomic E-state index is 12.1. The number of hydrogen-bond acceptors (Lipinski definition) is 5. The molecule has 7 nitrogen and oxygen atoms in total. The predicted molar refractivity (Wildman–Crippen MR) is 100.0 cm³/mol. The summed E-state index contributed by atoms with van der Waals surface area (Å²) in [4.78, 5) is 12.3. The van der Waals surface area contributed by atoms with Gasteiger partial charge in [-0.2, -0.15) is 5.10 Å². The molecule has 1 amide bonds. The van der Waals surface area contributed by atoms with E-state index < -0.39 is 10.0 Å². The molecule has 0 radical (unpaired) electrons. The van der Waals surface area contributed by atoms with E-state index in [1.807, 2.05) is 0 Å². The second-order valence-electron chi connectivity index (χ2n) is 5.68. The number of methoxy groups -OCH3 is 1. The summed E-state index contributed by atoms with van der Waals surface area (Å²) in [5.74, 6) is 0.313. The second-order valence-corrected chi connectivity index (χ2v) is 7.83. The summed E-state index contributed by atoms with van der Waals surface area (Å²) in [6.07, 6.45) is 0. The lowest BCUT2D eigenvalue weighted by Gasteiger charge is -2.11. The van der Waals surface area contributed by atoms with Crippen molar-refractivity contribution in [3.05, 3.63) is 59.7 Å². The smallest absolute Gasteiger partial charge is 0.271 e. The van der Waals surface area contributed by atoms with Crippen LogP contribution in [0.25, 0.3) is 0 Å². The Morgan fingerprint density at radius 3 is 2.04 bits per heavy atom. The minimum absolute atomic E-state index is 0.196. The van der Waals surface area contributed by atoms with E-state index in [4.69, 9.17) is 4.74 Å². The molecule has 0 aromatic heterocycles. The molecule has 0 saturated heterocycles. The lowest BCUT2D eigenvalue weighted by atomic mass is 10.1. The van der Waals surface area contributed by atoms with Gasteiger partial charge < -0.3 is 4.74 Å². The van der Waals surface area contributed by atoms with Crippen molar-refractivity contribution in [2.75, 3.05) is 21.2 Å². The van der Waals surface area contributed by atoms with Crippen LogP contribution in [0.3, 0.4) is 0 Å². The average Bonchev–Trinajstić information content (AvgIpc) is 2.65. The van der Waals surface area contributed by atoms with Gasteiger partial charge in [0.2, 0.25) is 10.0 Å². The first-order valence-electron chi connectivity index (χ1n) is 7.77. The third-order valence-corrected chi connectivity index (χ3v) is 5.56. The molecule has 2 aromatic carbocycles. The quantitative estimate of drug-likeness (QED) is 0.619. The highest BCUT2D eigenvalue weighted by Crippen LogP contribution is 2.15. The fraction of sp³-hybridized carbons (Fsp3) is 0.222. The Bertz CT molecular complexity index is 902. The predicted octanol–water partition coefficient (Wildman–Crippen LogP) is 2.10. The van der Waals surface area contributed by atoms with Crippen LogP contribution in [0.2, 0.25) is 0 Å². The molecule has 138 valence electrons. The van der Waals surface area contributed by atoms with Gasteiger partial charge in [0, 0.05) is 19.7 Å². The van der Waals surface area contributed by atoms with E-state index in [0.717, 1.165) is 4.31 Å². The first-order valence-corrected chi connectivity index (χ1v) is 9.21. The fourth-order valence-corrected chi connectivity index (χ4v) is 2.99. The molecule has 0 bridgehead atoms. The van der Waals surface area contributed by atoms with Crippen molar-refractivity contribution in [1.29, 1.82) is 0 Å². The molecule has 8 heteroatoms. The Labute approximate surface area is 153 Å². The summed E-state index contributed by atoms with van der Waals surface area (Å²) < 4.78 is 30.3. The SMILES string of the molecule is COc1ccc(C(=O)N/N=C(/C)c2ccc(S(=O)(=O)N(C)C)cc2)cc1. The third kappa shape index (κ3) is 4.47. The Morgan fingerprint density at radius 2 is 1.54 bits per heavy atom. The fourth-order valence-electron chi connectivity index (χ4n) is 2.09. The van der Waals surface area contributed by atoms with Gasteiger partial charge in [0.25, 0.3) is 5.91 Å². The van der Waals surface area contributed by atoms with E-state index in [2.05, 4.69) is 10.5 Å². The minimum atomic E-state index is -3.47. The molecule has 2 rings (SSSR count). The highest BCUT2D eigenvalue weighted by atomic mass is 32.2. The molecule has 0 atom stereocenters.